The molecule has 0 fully saturated rings. The molecule has 3 heteroatoms. The summed E-state index contributed by atoms with van der Waals surface area (Å²) < 4.78 is 5.75. The first kappa shape index (κ1) is 14.4. The normalized spacial score (nSPS) is 11.7. The van der Waals surface area contributed by atoms with Crippen molar-refractivity contribution in [2.45, 2.75) is 18.7 Å². The molecular weight excluding hydrogens is 268 g/mol. The average Bonchev–Trinajstić information content (AvgIpc) is 2.46. The molecule has 0 N–H and O–H groups in total. The maximum absolute atomic E-state index is 11.8. The molecule has 102 valence electrons. The van der Waals surface area contributed by atoms with Crippen LogP contribution in [0.3, 0.4) is 0 Å². The maximum Gasteiger partial charge on any atom is 0.169 e. The monoisotopic (exact) mass is 284 g/mol. The molecule has 0 aliphatic rings. The van der Waals surface area contributed by atoms with Gasteiger partial charge < -0.3 is 4.74 Å². The lowest BCUT2D eigenvalue weighted by Gasteiger charge is -2.11. The molecule has 0 aliphatic carbocycles. The predicted molar refractivity (Wildman–Crippen MR) is 82.8 cm³/mol. The minimum absolute atomic E-state index is 0.00674. The second-order valence-electron chi connectivity index (χ2n) is 4.27. The van der Waals surface area contributed by atoms with Crippen molar-refractivity contribution in [2.24, 2.45) is 0 Å². The second-order valence-corrected chi connectivity index (χ2v) is 5.36. The van der Waals surface area contributed by atoms with E-state index in [4.69, 9.17) is 4.74 Å². The summed E-state index contributed by atoms with van der Waals surface area (Å²) >= 11 is 1.43. The molecule has 0 aromatic heterocycles. The van der Waals surface area contributed by atoms with Gasteiger partial charge in [-0.1, -0.05) is 48.2 Å². The van der Waals surface area contributed by atoms with Crippen molar-refractivity contribution in [1.29, 1.82) is 0 Å². The Bertz CT molecular complexity index is 603. The molecule has 0 heterocycles. The molecule has 2 rings (SSSR count). The van der Waals surface area contributed by atoms with E-state index in [-0.39, 0.29) is 5.78 Å². The zero-order valence-electron chi connectivity index (χ0n) is 11.5. The summed E-state index contributed by atoms with van der Waals surface area (Å²) in [5, 5.41) is 0. The van der Waals surface area contributed by atoms with Crippen molar-refractivity contribution >= 4 is 17.5 Å². The number of para-hydroxylation sites is 1. The van der Waals surface area contributed by atoms with Gasteiger partial charge in [-0.15, -0.1) is 0 Å². The lowest BCUT2D eigenvalue weighted by molar-refractivity contribution is -0.113. The Kier molecular flexibility index (Phi) is 5.02. The van der Waals surface area contributed by atoms with E-state index in [0.717, 1.165) is 10.6 Å². The number of rotatable bonds is 5. The molecule has 0 atom stereocenters. The number of ketones is 1. The SMILES string of the molecule is CC(=O)/C(Sc1ccccc1)=C(/C)Oc1ccccc1. The zero-order valence-corrected chi connectivity index (χ0v) is 12.3. The molecule has 0 bridgehead atoms. The summed E-state index contributed by atoms with van der Waals surface area (Å²) in [6.07, 6.45) is 0. The number of carbonyl (C=O) groups is 1. The molecule has 0 aliphatic heterocycles. The molecule has 2 aromatic carbocycles. The van der Waals surface area contributed by atoms with E-state index in [0.29, 0.717) is 10.7 Å². The molecule has 2 nitrogen and oxygen atoms in total. The molecule has 0 radical (unpaired) electrons. The minimum Gasteiger partial charge on any atom is -0.461 e. The topological polar surface area (TPSA) is 26.3 Å². The van der Waals surface area contributed by atoms with E-state index < -0.39 is 0 Å². The van der Waals surface area contributed by atoms with Gasteiger partial charge in [0.1, 0.15) is 11.5 Å². The summed E-state index contributed by atoms with van der Waals surface area (Å²) in [4.78, 5) is 13.5. The standard InChI is InChI=1S/C17H16O2S/c1-13(18)17(20-16-11-7-4-8-12-16)14(2)19-15-9-5-3-6-10-15/h3-12H,1-2H3/b17-14+. The number of carbonyl (C=O) groups excluding carboxylic acids is 1. The van der Waals surface area contributed by atoms with Gasteiger partial charge in [0.25, 0.3) is 0 Å². The highest BCUT2D eigenvalue weighted by atomic mass is 32.2. The van der Waals surface area contributed by atoms with Crippen LogP contribution in [0.25, 0.3) is 0 Å². The Labute approximate surface area is 123 Å². The van der Waals surface area contributed by atoms with Gasteiger partial charge >= 0.3 is 0 Å². The Morgan fingerprint density at radius 2 is 1.45 bits per heavy atom. The van der Waals surface area contributed by atoms with Gasteiger partial charge in [0, 0.05) is 4.90 Å². The van der Waals surface area contributed by atoms with Gasteiger partial charge in [0.2, 0.25) is 0 Å². The molecule has 0 unspecified atom stereocenters. The fourth-order valence-electron chi connectivity index (χ4n) is 1.71. The maximum atomic E-state index is 11.8. The van der Waals surface area contributed by atoms with Gasteiger partial charge in [-0.3, -0.25) is 4.79 Å². The largest absolute Gasteiger partial charge is 0.461 e. The van der Waals surface area contributed by atoms with Crippen LogP contribution in [-0.2, 0) is 4.79 Å². The van der Waals surface area contributed by atoms with Crippen LogP contribution >= 0.6 is 11.8 Å². The number of hydrogen-bond acceptors (Lipinski definition) is 3. The Balaban J connectivity index is 2.22. The van der Waals surface area contributed by atoms with E-state index >= 15 is 0 Å². The molecule has 2 aromatic rings. The second kappa shape index (κ2) is 6.96. The molecule has 0 amide bonds. The van der Waals surface area contributed by atoms with Gasteiger partial charge in [-0.2, -0.15) is 0 Å². The third-order valence-corrected chi connectivity index (χ3v) is 3.90. The molecule has 0 saturated heterocycles. The number of allylic oxidation sites excluding steroid dienone is 2. The molecule has 0 spiro atoms. The average molecular weight is 284 g/mol. The van der Waals surface area contributed by atoms with Crippen LogP contribution in [0.15, 0.2) is 76.2 Å². The van der Waals surface area contributed by atoms with Crippen LogP contribution in [-0.4, -0.2) is 5.78 Å². The Morgan fingerprint density at radius 3 is 2.00 bits per heavy atom. The van der Waals surface area contributed by atoms with Crippen LogP contribution < -0.4 is 4.74 Å². The number of hydrogen-bond donors (Lipinski definition) is 0. The zero-order chi connectivity index (χ0) is 14.4. The third kappa shape index (κ3) is 4.00. The molecular formula is C17H16O2S. The van der Waals surface area contributed by atoms with E-state index in [1.807, 2.05) is 67.6 Å². The number of thioether (sulfide) groups is 1. The highest BCUT2D eigenvalue weighted by molar-refractivity contribution is 8.04. The number of Topliss-reactive ketones (excluding diaryl/α,β-unsaturated/α-hetero) is 1. The van der Waals surface area contributed by atoms with Crippen molar-refractivity contribution in [3.8, 4) is 5.75 Å². The quantitative estimate of drug-likeness (QED) is 0.453. The van der Waals surface area contributed by atoms with Gasteiger partial charge in [0.05, 0.1) is 4.91 Å². The predicted octanol–water partition coefficient (Wildman–Crippen LogP) is 4.68. The Hall–Kier alpha value is -2.00. The van der Waals surface area contributed by atoms with Gasteiger partial charge in [-0.25, -0.2) is 0 Å². The lowest BCUT2D eigenvalue weighted by Crippen LogP contribution is -2.01. The fourth-order valence-corrected chi connectivity index (χ4v) is 2.57. The summed E-state index contributed by atoms with van der Waals surface area (Å²) in [6.45, 7) is 3.38. The van der Waals surface area contributed by atoms with Crippen molar-refractivity contribution in [2.75, 3.05) is 0 Å². The van der Waals surface area contributed by atoms with Crippen molar-refractivity contribution in [1.82, 2.24) is 0 Å². The van der Waals surface area contributed by atoms with Crippen molar-refractivity contribution in [3.05, 3.63) is 71.3 Å². The van der Waals surface area contributed by atoms with E-state index in [2.05, 4.69) is 0 Å². The third-order valence-electron chi connectivity index (χ3n) is 2.62. The Morgan fingerprint density at radius 1 is 0.900 bits per heavy atom. The minimum atomic E-state index is 0.00674. The van der Waals surface area contributed by atoms with Gasteiger partial charge in [-0.05, 0) is 38.1 Å². The first-order chi connectivity index (χ1) is 9.66. The van der Waals surface area contributed by atoms with Crippen LogP contribution in [0.1, 0.15) is 13.8 Å². The van der Waals surface area contributed by atoms with E-state index in [1.165, 1.54) is 11.8 Å². The van der Waals surface area contributed by atoms with Crippen LogP contribution in [0.5, 0.6) is 5.75 Å². The van der Waals surface area contributed by atoms with Crippen LogP contribution in [0.2, 0.25) is 0 Å². The molecule has 0 saturated carbocycles. The fraction of sp³-hybridized carbons (Fsp3) is 0.118. The van der Waals surface area contributed by atoms with Crippen LogP contribution in [0, 0.1) is 0 Å². The first-order valence-corrected chi connectivity index (χ1v) is 7.16. The number of ether oxygens (including phenoxy) is 1. The summed E-state index contributed by atoms with van der Waals surface area (Å²) in [5.41, 5.74) is 0. The number of benzene rings is 2. The highest BCUT2D eigenvalue weighted by Crippen LogP contribution is 2.30. The van der Waals surface area contributed by atoms with Gasteiger partial charge in [0.15, 0.2) is 5.78 Å². The summed E-state index contributed by atoms with van der Waals surface area (Å²) in [7, 11) is 0. The summed E-state index contributed by atoms with van der Waals surface area (Å²) in [5.74, 6) is 1.36. The lowest BCUT2D eigenvalue weighted by atomic mass is 10.3. The molecule has 20 heavy (non-hydrogen) atoms. The van der Waals surface area contributed by atoms with Crippen molar-refractivity contribution < 1.29 is 9.53 Å². The first-order valence-electron chi connectivity index (χ1n) is 6.34. The van der Waals surface area contributed by atoms with Crippen LogP contribution in [0.4, 0.5) is 0 Å². The van der Waals surface area contributed by atoms with Crippen molar-refractivity contribution in [3.63, 3.8) is 0 Å². The summed E-state index contributed by atoms with van der Waals surface area (Å²) in [6, 6.07) is 19.3. The van der Waals surface area contributed by atoms with E-state index in [1.54, 1.807) is 6.92 Å². The highest BCUT2D eigenvalue weighted by Gasteiger charge is 2.12. The smallest absolute Gasteiger partial charge is 0.169 e. The van der Waals surface area contributed by atoms with E-state index in [9.17, 15) is 4.79 Å².